The Hall–Kier alpha value is -2.53. The molecule has 0 unspecified atom stereocenters. The third-order valence-electron chi connectivity index (χ3n) is 4.27. The SMILES string of the molecule is CCc1ccc2c(c1)Oc1cc(OC)c(OC)cc1-c1nscc1-2. The largest absolute Gasteiger partial charge is 0.493 e. The van der Waals surface area contributed by atoms with Crippen molar-refractivity contribution in [2.75, 3.05) is 14.2 Å². The van der Waals surface area contributed by atoms with Gasteiger partial charge in [-0.25, -0.2) is 0 Å². The first kappa shape index (κ1) is 15.0. The molecule has 4 rings (SSSR count). The Morgan fingerprint density at radius 1 is 0.958 bits per heavy atom. The maximum Gasteiger partial charge on any atom is 0.164 e. The molecule has 0 amide bonds. The van der Waals surface area contributed by atoms with Gasteiger partial charge in [0.2, 0.25) is 0 Å². The maximum atomic E-state index is 6.26. The van der Waals surface area contributed by atoms with Crippen LogP contribution in [-0.2, 0) is 6.42 Å². The summed E-state index contributed by atoms with van der Waals surface area (Å²) in [5.74, 6) is 2.88. The summed E-state index contributed by atoms with van der Waals surface area (Å²) in [4.78, 5) is 0. The molecule has 4 nitrogen and oxygen atoms in total. The topological polar surface area (TPSA) is 40.6 Å². The first-order valence-corrected chi connectivity index (χ1v) is 8.60. The van der Waals surface area contributed by atoms with Crippen molar-refractivity contribution in [1.82, 2.24) is 4.37 Å². The second-order valence-electron chi connectivity index (χ2n) is 5.57. The summed E-state index contributed by atoms with van der Waals surface area (Å²) in [6.07, 6.45) is 0.962. The van der Waals surface area contributed by atoms with E-state index in [1.807, 2.05) is 12.1 Å². The number of ether oxygens (including phenoxy) is 3. The van der Waals surface area contributed by atoms with E-state index in [0.29, 0.717) is 11.5 Å². The van der Waals surface area contributed by atoms with Gasteiger partial charge in [-0.2, -0.15) is 4.37 Å². The van der Waals surface area contributed by atoms with Gasteiger partial charge in [-0.1, -0.05) is 19.1 Å². The minimum atomic E-state index is 0.642. The number of benzene rings is 2. The predicted molar refractivity (Wildman–Crippen MR) is 95.5 cm³/mol. The fourth-order valence-corrected chi connectivity index (χ4v) is 3.66. The molecule has 0 bridgehead atoms. The molecule has 0 aliphatic carbocycles. The van der Waals surface area contributed by atoms with E-state index in [2.05, 4.69) is 34.9 Å². The fraction of sp³-hybridized carbons (Fsp3) is 0.211. The van der Waals surface area contributed by atoms with Crippen LogP contribution >= 0.6 is 11.5 Å². The molecule has 2 aromatic carbocycles. The zero-order chi connectivity index (χ0) is 16.7. The van der Waals surface area contributed by atoms with Crippen LogP contribution in [0.4, 0.5) is 0 Å². The van der Waals surface area contributed by atoms with Gasteiger partial charge in [0, 0.05) is 28.1 Å². The second kappa shape index (κ2) is 5.83. The molecule has 122 valence electrons. The van der Waals surface area contributed by atoms with Gasteiger partial charge in [0.25, 0.3) is 0 Å². The van der Waals surface area contributed by atoms with Crippen LogP contribution in [-0.4, -0.2) is 18.6 Å². The average Bonchev–Trinajstić information content (AvgIpc) is 3.06. The smallest absolute Gasteiger partial charge is 0.164 e. The summed E-state index contributed by atoms with van der Waals surface area (Å²) in [7, 11) is 3.25. The quantitative estimate of drug-likeness (QED) is 0.517. The lowest BCUT2D eigenvalue weighted by Crippen LogP contribution is -1.94. The van der Waals surface area contributed by atoms with E-state index in [4.69, 9.17) is 14.2 Å². The Balaban J connectivity index is 2.00. The third kappa shape index (κ3) is 2.24. The summed E-state index contributed by atoms with van der Waals surface area (Å²) < 4.78 is 21.7. The molecule has 0 spiro atoms. The van der Waals surface area contributed by atoms with Crippen molar-refractivity contribution in [2.45, 2.75) is 13.3 Å². The minimum Gasteiger partial charge on any atom is -0.493 e. The van der Waals surface area contributed by atoms with Crippen molar-refractivity contribution in [3.8, 4) is 45.4 Å². The molecule has 2 heterocycles. The number of nitrogens with zero attached hydrogens (tertiary/aromatic N) is 1. The number of hydrogen-bond donors (Lipinski definition) is 0. The normalized spacial score (nSPS) is 11.6. The molecule has 0 radical (unpaired) electrons. The van der Waals surface area contributed by atoms with Crippen molar-refractivity contribution in [1.29, 1.82) is 0 Å². The number of rotatable bonds is 3. The highest BCUT2D eigenvalue weighted by Gasteiger charge is 2.25. The monoisotopic (exact) mass is 339 g/mol. The average molecular weight is 339 g/mol. The van der Waals surface area contributed by atoms with Crippen LogP contribution in [0, 0.1) is 0 Å². The number of fused-ring (bicyclic) bond motifs is 5. The van der Waals surface area contributed by atoms with Crippen molar-refractivity contribution >= 4 is 11.5 Å². The first-order chi connectivity index (χ1) is 11.7. The molecular weight excluding hydrogens is 322 g/mol. The van der Waals surface area contributed by atoms with Gasteiger partial charge in [0.1, 0.15) is 11.5 Å². The van der Waals surface area contributed by atoms with Crippen LogP contribution in [0.2, 0.25) is 0 Å². The molecule has 5 heteroatoms. The number of aryl methyl sites for hydroxylation is 1. The molecule has 3 aromatic rings. The summed E-state index contributed by atoms with van der Waals surface area (Å²) in [5, 5.41) is 2.06. The Morgan fingerprint density at radius 3 is 2.46 bits per heavy atom. The van der Waals surface area contributed by atoms with Crippen molar-refractivity contribution < 1.29 is 14.2 Å². The molecule has 0 saturated heterocycles. The van der Waals surface area contributed by atoms with E-state index < -0.39 is 0 Å². The highest BCUT2D eigenvalue weighted by Crippen LogP contribution is 2.50. The molecular formula is C19H17NO3S. The Bertz CT molecular complexity index is 917. The molecule has 0 atom stereocenters. The Kier molecular flexibility index (Phi) is 3.65. The first-order valence-electron chi connectivity index (χ1n) is 7.77. The second-order valence-corrected chi connectivity index (χ2v) is 6.20. The summed E-state index contributed by atoms with van der Waals surface area (Å²) in [6, 6.07) is 10.1. The lowest BCUT2D eigenvalue weighted by atomic mass is 10.00. The number of methoxy groups -OCH3 is 2. The Labute approximate surface area is 144 Å². The van der Waals surface area contributed by atoms with E-state index in [-0.39, 0.29) is 0 Å². The van der Waals surface area contributed by atoms with Gasteiger partial charge in [-0.3, -0.25) is 0 Å². The van der Waals surface area contributed by atoms with Crippen LogP contribution in [0.25, 0.3) is 22.4 Å². The zero-order valence-electron chi connectivity index (χ0n) is 13.8. The molecule has 1 aromatic heterocycles. The van der Waals surface area contributed by atoms with E-state index in [1.54, 1.807) is 14.2 Å². The zero-order valence-corrected chi connectivity index (χ0v) is 14.6. The van der Waals surface area contributed by atoms with Gasteiger partial charge >= 0.3 is 0 Å². The fourth-order valence-electron chi connectivity index (χ4n) is 2.96. The summed E-state index contributed by atoms with van der Waals surface area (Å²) in [6.45, 7) is 2.14. The molecule has 0 N–H and O–H groups in total. The number of aromatic nitrogens is 1. The molecule has 24 heavy (non-hydrogen) atoms. The minimum absolute atomic E-state index is 0.642. The summed E-state index contributed by atoms with van der Waals surface area (Å²) >= 11 is 1.45. The third-order valence-corrected chi connectivity index (χ3v) is 4.90. The van der Waals surface area contributed by atoms with Gasteiger partial charge in [-0.05, 0) is 35.6 Å². The highest BCUT2D eigenvalue weighted by atomic mass is 32.1. The van der Waals surface area contributed by atoms with Crippen molar-refractivity contribution in [2.24, 2.45) is 0 Å². The van der Waals surface area contributed by atoms with E-state index >= 15 is 0 Å². The van der Waals surface area contributed by atoms with Crippen molar-refractivity contribution in [3.63, 3.8) is 0 Å². The van der Waals surface area contributed by atoms with E-state index in [1.165, 1.54) is 17.1 Å². The van der Waals surface area contributed by atoms with Crippen LogP contribution in [0.1, 0.15) is 12.5 Å². The number of hydrogen-bond acceptors (Lipinski definition) is 5. The van der Waals surface area contributed by atoms with Gasteiger partial charge in [-0.15, -0.1) is 0 Å². The molecule has 1 aliphatic heterocycles. The van der Waals surface area contributed by atoms with Gasteiger partial charge in [0.15, 0.2) is 11.5 Å². The van der Waals surface area contributed by atoms with Gasteiger partial charge < -0.3 is 14.2 Å². The Morgan fingerprint density at radius 2 is 1.71 bits per heavy atom. The lowest BCUT2D eigenvalue weighted by Gasteiger charge is -2.14. The molecule has 0 fully saturated rings. The van der Waals surface area contributed by atoms with E-state index in [9.17, 15) is 0 Å². The highest BCUT2D eigenvalue weighted by molar-refractivity contribution is 7.04. The summed E-state index contributed by atoms with van der Waals surface area (Å²) in [5.41, 5.74) is 5.22. The standard InChI is InChI=1S/C19H17NO3S/c1-4-11-5-6-12-14-10-24-20-19(14)13-8-17(21-2)18(22-3)9-16(13)23-15(12)7-11/h5-10H,4H2,1-3H3. The molecule has 1 aliphatic rings. The lowest BCUT2D eigenvalue weighted by molar-refractivity contribution is 0.352. The van der Waals surface area contributed by atoms with Crippen LogP contribution in [0.5, 0.6) is 23.0 Å². The van der Waals surface area contributed by atoms with E-state index in [0.717, 1.165) is 40.3 Å². The predicted octanol–water partition coefficient (Wildman–Crippen LogP) is 5.16. The van der Waals surface area contributed by atoms with Crippen molar-refractivity contribution in [3.05, 3.63) is 41.3 Å². The maximum absolute atomic E-state index is 6.26. The molecule has 0 saturated carbocycles. The van der Waals surface area contributed by atoms with Gasteiger partial charge in [0.05, 0.1) is 19.9 Å². The van der Waals surface area contributed by atoms with Crippen LogP contribution in [0.3, 0.4) is 0 Å². The van der Waals surface area contributed by atoms with Crippen LogP contribution < -0.4 is 14.2 Å². The van der Waals surface area contributed by atoms with Crippen LogP contribution in [0.15, 0.2) is 35.7 Å².